The van der Waals surface area contributed by atoms with Crippen LogP contribution in [0.5, 0.6) is 17.2 Å². The van der Waals surface area contributed by atoms with Crippen molar-refractivity contribution in [1.82, 2.24) is 0 Å². The molecule has 0 unspecified atom stereocenters. The molecule has 0 saturated carbocycles. The molecule has 0 fully saturated rings. The number of phenols is 3. The van der Waals surface area contributed by atoms with E-state index in [1.54, 1.807) is 0 Å². The van der Waals surface area contributed by atoms with Crippen molar-refractivity contribution in [2.45, 2.75) is 106 Å². The SMILES string of the molecule is CC(C)(C)CCCCCc1cc(CCCCCC(C)(C)C)c(O)c(O)c1O. The third-order valence-electron chi connectivity index (χ3n) is 5.15. The van der Waals surface area contributed by atoms with Gasteiger partial charge in [-0.3, -0.25) is 0 Å². The van der Waals surface area contributed by atoms with Gasteiger partial charge in [0.15, 0.2) is 11.5 Å². The van der Waals surface area contributed by atoms with Crippen LogP contribution in [-0.2, 0) is 12.8 Å². The summed E-state index contributed by atoms with van der Waals surface area (Å²) in [5.41, 5.74) is 2.23. The second kappa shape index (κ2) is 10.2. The smallest absolute Gasteiger partial charge is 0.200 e. The normalized spacial score (nSPS) is 12.5. The molecule has 0 saturated heterocycles. The van der Waals surface area contributed by atoms with Crippen molar-refractivity contribution in [2.75, 3.05) is 0 Å². The maximum absolute atomic E-state index is 10.2. The average molecular weight is 379 g/mol. The lowest BCUT2D eigenvalue weighted by molar-refractivity contribution is 0.353. The van der Waals surface area contributed by atoms with Gasteiger partial charge in [-0.05, 0) is 66.5 Å². The van der Waals surface area contributed by atoms with E-state index in [1.807, 2.05) is 6.07 Å². The lowest BCUT2D eigenvalue weighted by Crippen LogP contribution is -2.04. The molecule has 0 amide bonds. The summed E-state index contributed by atoms with van der Waals surface area (Å²) in [5, 5.41) is 30.4. The van der Waals surface area contributed by atoms with Gasteiger partial charge in [0.05, 0.1) is 0 Å². The van der Waals surface area contributed by atoms with E-state index in [9.17, 15) is 15.3 Å². The molecule has 0 aliphatic rings. The van der Waals surface area contributed by atoms with E-state index in [2.05, 4.69) is 41.5 Å². The van der Waals surface area contributed by atoms with Crippen molar-refractivity contribution in [2.24, 2.45) is 10.8 Å². The Bertz CT molecular complexity index is 529. The lowest BCUT2D eigenvalue weighted by Gasteiger charge is -2.18. The minimum absolute atomic E-state index is 0.153. The fourth-order valence-corrected chi connectivity index (χ4v) is 3.44. The Balaban J connectivity index is 2.56. The third-order valence-corrected chi connectivity index (χ3v) is 5.15. The van der Waals surface area contributed by atoms with Gasteiger partial charge in [-0.2, -0.15) is 0 Å². The Morgan fingerprint density at radius 1 is 0.556 bits per heavy atom. The minimum Gasteiger partial charge on any atom is -0.504 e. The number of phenolic OH excluding ortho intramolecular Hbond substituents is 3. The summed E-state index contributed by atoms with van der Waals surface area (Å²) in [6, 6.07) is 1.89. The van der Waals surface area contributed by atoms with Crippen LogP contribution in [0.15, 0.2) is 6.07 Å². The number of rotatable bonds is 10. The molecule has 0 radical (unpaired) electrons. The molecule has 1 rings (SSSR count). The van der Waals surface area contributed by atoms with Gasteiger partial charge in [0.25, 0.3) is 0 Å². The van der Waals surface area contributed by atoms with Gasteiger partial charge >= 0.3 is 0 Å². The van der Waals surface area contributed by atoms with Crippen molar-refractivity contribution >= 4 is 0 Å². The summed E-state index contributed by atoms with van der Waals surface area (Å²) in [5.74, 6) is -0.661. The van der Waals surface area contributed by atoms with Gasteiger partial charge in [0, 0.05) is 0 Å². The number of hydrogen-bond donors (Lipinski definition) is 3. The van der Waals surface area contributed by atoms with Crippen LogP contribution >= 0.6 is 0 Å². The fourth-order valence-electron chi connectivity index (χ4n) is 3.44. The van der Waals surface area contributed by atoms with Crippen LogP contribution in [0.25, 0.3) is 0 Å². The molecule has 3 nitrogen and oxygen atoms in total. The first-order valence-electron chi connectivity index (χ1n) is 10.7. The number of unbranched alkanes of at least 4 members (excludes halogenated alkanes) is 4. The molecule has 3 N–H and O–H groups in total. The summed E-state index contributed by atoms with van der Waals surface area (Å²) in [7, 11) is 0. The van der Waals surface area contributed by atoms with Crippen molar-refractivity contribution in [3.05, 3.63) is 17.2 Å². The molecule has 1 aromatic carbocycles. The Morgan fingerprint density at radius 3 is 1.26 bits per heavy atom. The van der Waals surface area contributed by atoms with Gasteiger partial charge in [-0.1, -0.05) is 67.2 Å². The predicted molar refractivity (Wildman–Crippen MR) is 115 cm³/mol. The quantitative estimate of drug-likeness (QED) is 0.300. The standard InChI is InChI=1S/C24H42O3/c1-23(2,3)15-11-7-9-13-18-17-19(21(26)22(27)20(18)25)14-10-8-12-16-24(4,5)6/h17,25-27H,7-16H2,1-6H3. The van der Waals surface area contributed by atoms with Crippen molar-refractivity contribution in [1.29, 1.82) is 0 Å². The van der Waals surface area contributed by atoms with Crippen LogP contribution < -0.4 is 0 Å². The molecule has 0 bridgehead atoms. The highest BCUT2D eigenvalue weighted by Gasteiger charge is 2.17. The van der Waals surface area contributed by atoms with Gasteiger partial charge in [-0.15, -0.1) is 0 Å². The molecule has 0 spiro atoms. The fraction of sp³-hybridized carbons (Fsp3) is 0.750. The maximum atomic E-state index is 10.2. The van der Waals surface area contributed by atoms with Crippen LogP contribution in [0.2, 0.25) is 0 Å². The van der Waals surface area contributed by atoms with Crippen LogP contribution in [0.3, 0.4) is 0 Å². The Kier molecular flexibility index (Phi) is 8.98. The monoisotopic (exact) mass is 378 g/mol. The molecule has 0 aliphatic carbocycles. The van der Waals surface area contributed by atoms with Crippen LogP contribution in [0.4, 0.5) is 0 Å². The zero-order chi connectivity index (χ0) is 20.7. The van der Waals surface area contributed by atoms with Crippen molar-refractivity contribution in [3.8, 4) is 17.2 Å². The zero-order valence-electron chi connectivity index (χ0n) is 18.5. The molecule has 0 aliphatic heterocycles. The number of benzene rings is 1. The van der Waals surface area contributed by atoms with Gasteiger partial charge < -0.3 is 15.3 Å². The minimum atomic E-state index is -0.355. The number of hydrogen-bond acceptors (Lipinski definition) is 3. The van der Waals surface area contributed by atoms with E-state index in [0.29, 0.717) is 10.8 Å². The average Bonchev–Trinajstić information content (AvgIpc) is 2.53. The summed E-state index contributed by atoms with van der Waals surface area (Å²) < 4.78 is 0. The third kappa shape index (κ3) is 9.39. The summed E-state index contributed by atoms with van der Waals surface area (Å²) in [6.07, 6.45) is 10.4. The lowest BCUT2D eigenvalue weighted by atomic mass is 9.89. The highest BCUT2D eigenvalue weighted by atomic mass is 16.3. The first-order chi connectivity index (χ1) is 12.4. The molecule has 0 aromatic heterocycles. The first-order valence-corrected chi connectivity index (χ1v) is 10.7. The Morgan fingerprint density at radius 2 is 0.926 bits per heavy atom. The molecular formula is C24H42O3. The Labute approximate surface area is 166 Å². The molecule has 1 aromatic rings. The molecule has 0 atom stereocenters. The van der Waals surface area contributed by atoms with Gasteiger partial charge in [-0.25, -0.2) is 0 Å². The van der Waals surface area contributed by atoms with E-state index in [-0.39, 0.29) is 17.2 Å². The molecule has 0 heterocycles. The van der Waals surface area contributed by atoms with Crippen LogP contribution in [0, 0.1) is 10.8 Å². The molecule has 156 valence electrons. The maximum Gasteiger partial charge on any atom is 0.200 e. The highest BCUT2D eigenvalue weighted by molar-refractivity contribution is 5.57. The summed E-state index contributed by atoms with van der Waals surface area (Å²) in [4.78, 5) is 0. The van der Waals surface area contributed by atoms with Crippen LogP contribution in [0.1, 0.15) is 104 Å². The summed E-state index contributed by atoms with van der Waals surface area (Å²) in [6.45, 7) is 13.5. The second-order valence-electron chi connectivity index (χ2n) is 10.5. The van der Waals surface area contributed by atoms with Gasteiger partial charge in [0.2, 0.25) is 5.75 Å². The molecule has 3 heteroatoms. The topological polar surface area (TPSA) is 60.7 Å². The zero-order valence-corrected chi connectivity index (χ0v) is 18.5. The Hall–Kier alpha value is -1.38. The van der Waals surface area contributed by atoms with Crippen molar-refractivity contribution in [3.63, 3.8) is 0 Å². The van der Waals surface area contributed by atoms with E-state index < -0.39 is 0 Å². The second-order valence-corrected chi connectivity index (χ2v) is 10.5. The predicted octanol–water partition coefficient (Wildman–Crippen LogP) is 7.10. The largest absolute Gasteiger partial charge is 0.504 e. The van der Waals surface area contributed by atoms with Crippen molar-refractivity contribution < 1.29 is 15.3 Å². The summed E-state index contributed by atoms with van der Waals surface area (Å²) >= 11 is 0. The molecular weight excluding hydrogens is 336 g/mol. The number of aryl methyl sites for hydroxylation is 2. The molecule has 27 heavy (non-hydrogen) atoms. The first kappa shape index (κ1) is 23.7. The van der Waals surface area contributed by atoms with E-state index in [1.165, 1.54) is 25.7 Å². The van der Waals surface area contributed by atoms with E-state index >= 15 is 0 Å². The van der Waals surface area contributed by atoms with E-state index in [0.717, 1.165) is 49.7 Å². The highest BCUT2D eigenvalue weighted by Crippen LogP contribution is 2.41. The van der Waals surface area contributed by atoms with Crippen LogP contribution in [-0.4, -0.2) is 15.3 Å². The van der Waals surface area contributed by atoms with E-state index in [4.69, 9.17) is 0 Å². The van der Waals surface area contributed by atoms with Gasteiger partial charge in [0.1, 0.15) is 0 Å². The number of aromatic hydroxyl groups is 3.